The van der Waals surface area contributed by atoms with Crippen molar-refractivity contribution in [3.8, 4) is 0 Å². The maximum absolute atomic E-state index is 12.0. The van der Waals surface area contributed by atoms with Gasteiger partial charge in [0.25, 0.3) is 0 Å². The average Bonchev–Trinajstić information content (AvgIpc) is 2.56. The third-order valence-corrected chi connectivity index (χ3v) is 4.11. The molecule has 7 heteroatoms. The number of hydrogen-bond acceptors (Lipinski definition) is 5. The van der Waals surface area contributed by atoms with Crippen molar-refractivity contribution in [1.29, 1.82) is 0 Å². The Kier molecular flexibility index (Phi) is 6.31. The number of anilines is 2. The fraction of sp³-hybridized carbons (Fsp3) is 0.294. The number of aromatic nitrogens is 2. The highest BCUT2D eigenvalue weighted by atomic mass is 32.2. The lowest BCUT2D eigenvalue weighted by atomic mass is 10.2. The van der Waals surface area contributed by atoms with Gasteiger partial charge in [-0.15, -0.1) is 10.2 Å². The second kappa shape index (κ2) is 8.44. The fourth-order valence-electron chi connectivity index (χ4n) is 1.77. The number of rotatable bonds is 6. The SMILES string of the molecule is Cc1ccccc1NC(=O)CSc1ccc(NC(=O)C(C)C)nn1. The monoisotopic (exact) mass is 344 g/mol. The molecule has 2 rings (SSSR count). The number of carbonyl (C=O) groups is 2. The van der Waals surface area contributed by atoms with Crippen molar-refractivity contribution in [1.82, 2.24) is 10.2 Å². The first-order valence-corrected chi connectivity index (χ1v) is 8.57. The first kappa shape index (κ1) is 17.9. The summed E-state index contributed by atoms with van der Waals surface area (Å²) in [6.45, 7) is 5.55. The van der Waals surface area contributed by atoms with Crippen molar-refractivity contribution in [3.63, 3.8) is 0 Å². The highest BCUT2D eigenvalue weighted by molar-refractivity contribution is 7.99. The van der Waals surface area contributed by atoms with Crippen LogP contribution in [-0.4, -0.2) is 27.8 Å². The number of aryl methyl sites for hydroxylation is 1. The number of carbonyl (C=O) groups excluding carboxylic acids is 2. The Labute approximate surface area is 145 Å². The first-order chi connectivity index (χ1) is 11.5. The molecule has 0 aliphatic rings. The Balaban J connectivity index is 1.85. The minimum Gasteiger partial charge on any atom is -0.325 e. The van der Waals surface area contributed by atoms with Gasteiger partial charge in [0.1, 0.15) is 5.03 Å². The summed E-state index contributed by atoms with van der Waals surface area (Å²) in [5.74, 6) is 0.310. The van der Waals surface area contributed by atoms with E-state index in [9.17, 15) is 9.59 Å². The van der Waals surface area contributed by atoms with Gasteiger partial charge in [-0.05, 0) is 30.7 Å². The van der Waals surface area contributed by atoms with Crippen molar-refractivity contribution in [3.05, 3.63) is 42.0 Å². The Hall–Kier alpha value is -2.41. The van der Waals surface area contributed by atoms with Gasteiger partial charge in [-0.3, -0.25) is 9.59 Å². The molecule has 1 aromatic heterocycles. The van der Waals surface area contributed by atoms with Crippen LogP contribution in [0.15, 0.2) is 41.4 Å². The Morgan fingerprint density at radius 1 is 1.08 bits per heavy atom. The van der Waals surface area contributed by atoms with E-state index in [1.54, 1.807) is 26.0 Å². The van der Waals surface area contributed by atoms with E-state index in [4.69, 9.17) is 0 Å². The smallest absolute Gasteiger partial charge is 0.234 e. The van der Waals surface area contributed by atoms with Crippen molar-refractivity contribution in [2.45, 2.75) is 25.8 Å². The van der Waals surface area contributed by atoms with Crippen molar-refractivity contribution >= 4 is 35.1 Å². The van der Waals surface area contributed by atoms with Crippen molar-refractivity contribution < 1.29 is 9.59 Å². The van der Waals surface area contributed by atoms with E-state index in [1.165, 1.54) is 11.8 Å². The maximum atomic E-state index is 12.0. The minimum absolute atomic E-state index is 0.103. The Bertz CT molecular complexity index is 717. The lowest BCUT2D eigenvalue weighted by Crippen LogP contribution is -2.18. The summed E-state index contributed by atoms with van der Waals surface area (Å²) < 4.78 is 0. The summed E-state index contributed by atoms with van der Waals surface area (Å²) in [7, 11) is 0. The third kappa shape index (κ3) is 5.34. The summed E-state index contributed by atoms with van der Waals surface area (Å²) in [4.78, 5) is 23.6. The van der Waals surface area contributed by atoms with E-state index in [-0.39, 0.29) is 23.5 Å². The van der Waals surface area contributed by atoms with Gasteiger partial charge in [0.05, 0.1) is 5.75 Å². The molecular weight excluding hydrogens is 324 g/mol. The zero-order valence-electron chi connectivity index (χ0n) is 13.9. The molecule has 0 aliphatic carbocycles. The lowest BCUT2D eigenvalue weighted by molar-refractivity contribution is -0.119. The topological polar surface area (TPSA) is 84.0 Å². The van der Waals surface area contributed by atoms with E-state index in [0.29, 0.717) is 10.8 Å². The number of amides is 2. The van der Waals surface area contributed by atoms with Crippen molar-refractivity contribution in [2.75, 3.05) is 16.4 Å². The molecular formula is C17H20N4O2S. The minimum atomic E-state index is -0.119. The highest BCUT2D eigenvalue weighted by Gasteiger charge is 2.09. The van der Waals surface area contributed by atoms with Crippen LogP contribution in [0, 0.1) is 12.8 Å². The van der Waals surface area contributed by atoms with Crippen LogP contribution in [0.3, 0.4) is 0 Å². The van der Waals surface area contributed by atoms with Gasteiger partial charge >= 0.3 is 0 Å². The Morgan fingerprint density at radius 2 is 1.83 bits per heavy atom. The second-order valence-corrected chi connectivity index (χ2v) is 6.55. The summed E-state index contributed by atoms with van der Waals surface area (Å²) in [5.41, 5.74) is 1.82. The van der Waals surface area contributed by atoms with E-state index in [0.717, 1.165) is 11.3 Å². The lowest BCUT2D eigenvalue weighted by Gasteiger charge is -2.08. The molecule has 0 saturated heterocycles. The number of hydrogen-bond donors (Lipinski definition) is 2. The molecule has 6 nitrogen and oxygen atoms in total. The van der Waals surface area contributed by atoms with E-state index in [2.05, 4.69) is 20.8 Å². The molecule has 0 aliphatic heterocycles. The van der Waals surface area contributed by atoms with Crippen molar-refractivity contribution in [2.24, 2.45) is 5.92 Å². The molecule has 1 aromatic carbocycles. The summed E-state index contributed by atoms with van der Waals surface area (Å²) in [6, 6.07) is 11.0. The summed E-state index contributed by atoms with van der Waals surface area (Å²) in [6.07, 6.45) is 0. The molecule has 2 aromatic rings. The average molecular weight is 344 g/mol. The van der Waals surface area contributed by atoms with Crippen LogP contribution in [-0.2, 0) is 9.59 Å². The normalized spacial score (nSPS) is 10.5. The molecule has 0 unspecified atom stereocenters. The first-order valence-electron chi connectivity index (χ1n) is 7.58. The standard InChI is InChI=1S/C17H20N4O2S/c1-11(2)17(23)19-14-8-9-16(21-20-14)24-10-15(22)18-13-7-5-4-6-12(13)3/h4-9,11H,10H2,1-3H3,(H,18,22)(H,19,20,23). The quantitative estimate of drug-likeness (QED) is 0.787. The van der Waals surface area contributed by atoms with Crippen LogP contribution < -0.4 is 10.6 Å². The molecule has 126 valence electrons. The van der Waals surface area contributed by atoms with E-state index < -0.39 is 0 Å². The fourth-order valence-corrected chi connectivity index (χ4v) is 2.39. The van der Waals surface area contributed by atoms with Crippen LogP contribution in [0.4, 0.5) is 11.5 Å². The molecule has 1 heterocycles. The molecule has 0 fully saturated rings. The number of para-hydroxylation sites is 1. The van der Waals surface area contributed by atoms with E-state index >= 15 is 0 Å². The molecule has 0 saturated carbocycles. The van der Waals surface area contributed by atoms with Gasteiger partial charge in [0, 0.05) is 11.6 Å². The number of nitrogens with zero attached hydrogens (tertiary/aromatic N) is 2. The summed E-state index contributed by atoms with van der Waals surface area (Å²) >= 11 is 1.29. The van der Waals surface area contributed by atoms with Gasteiger partial charge in [0.2, 0.25) is 11.8 Å². The molecule has 2 amide bonds. The predicted molar refractivity (Wildman–Crippen MR) is 96.0 cm³/mol. The van der Waals surface area contributed by atoms with Crippen LogP contribution in [0.25, 0.3) is 0 Å². The molecule has 0 radical (unpaired) electrons. The maximum Gasteiger partial charge on any atom is 0.234 e. The Morgan fingerprint density at radius 3 is 2.46 bits per heavy atom. The third-order valence-electron chi connectivity index (χ3n) is 3.19. The van der Waals surface area contributed by atoms with Gasteiger partial charge in [0.15, 0.2) is 5.82 Å². The number of thioether (sulfide) groups is 1. The zero-order chi connectivity index (χ0) is 17.5. The van der Waals surface area contributed by atoms with Gasteiger partial charge in [-0.1, -0.05) is 43.8 Å². The predicted octanol–water partition coefficient (Wildman–Crippen LogP) is 3.11. The zero-order valence-corrected chi connectivity index (χ0v) is 14.7. The largest absolute Gasteiger partial charge is 0.325 e. The van der Waals surface area contributed by atoms with Crippen LogP contribution >= 0.6 is 11.8 Å². The second-order valence-electron chi connectivity index (χ2n) is 5.55. The van der Waals surface area contributed by atoms with Gasteiger partial charge in [-0.2, -0.15) is 0 Å². The van der Waals surface area contributed by atoms with Gasteiger partial charge in [-0.25, -0.2) is 0 Å². The van der Waals surface area contributed by atoms with Gasteiger partial charge < -0.3 is 10.6 Å². The van der Waals surface area contributed by atoms with Crippen LogP contribution in [0.2, 0.25) is 0 Å². The highest BCUT2D eigenvalue weighted by Crippen LogP contribution is 2.18. The molecule has 2 N–H and O–H groups in total. The summed E-state index contributed by atoms with van der Waals surface area (Å²) in [5, 5.41) is 14.1. The van der Waals surface area contributed by atoms with Crippen LogP contribution in [0.5, 0.6) is 0 Å². The van der Waals surface area contributed by atoms with Crippen LogP contribution in [0.1, 0.15) is 19.4 Å². The molecule has 0 atom stereocenters. The molecule has 24 heavy (non-hydrogen) atoms. The molecule has 0 bridgehead atoms. The number of nitrogens with one attached hydrogen (secondary N) is 2. The number of benzene rings is 1. The molecule has 0 spiro atoms. The van der Waals surface area contributed by atoms with E-state index in [1.807, 2.05) is 31.2 Å².